The Bertz CT molecular complexity index is 1560. The van der Waals surface area contributed by atoms with Crippen LogP contribution in [0.3, 0.4) is 0 Å². The first kappa shape index (κ1) is 19.7. The highest BCUT2D eigenvalue weighted by Gasteiger charge is 2.24. The number of aromatic amines is 1. The second-order valence-corrected chi connectivity index (χ2v) is 8.54. The molecule has 5 aromatic rings. The normalized spacial score (nSPS) is 13.4. The van der Waals surface area contributed by atoms with Crippen molar-refractivity contribution in [2.45, 2.75) is 12.8 Å². The summed E-state index contributed by atoms with van der Waals surface area (Å²) < 4.78 is 0. The molecule has 2 N–H and O–H groups in total. The molecule has 0 bridgehead atoms. The van der Waals surface area contributed by atoms with Gasteiger partial charge in [0, 0.05) is 28.2 Å². The summed E-state index contributed by atoms with van der Waals surface area (Å²) in [5.74, 6) is -0.319. The van der Waals surface area contributed by atoms with Crippen molar-refractivity contribution in [2.75, 3.05) is 11.4 Å². The Labute approximate surface area is 193 Å². The summed E-state index contributed by atoms with van der Waals surface area (Å²) in [6, 6.07) is 16.7. The number of nitrogens with zero attached hydrogens (tertiary/aromatic N) is 4. The van der Waals surface area contributed by atoms with Crippen molar-refractivity contribution < 1.29 is 9.90 Å². The molecule has 162 valence electrons. The van der Waals surface area contributed by atoms with Crippen molar-refractivity contribution in [3.05, 3.63) is 76.9 Å². The molecule has 0 fully saturated rings. The first-order valence-corrected chi connectivity index (χ1v) is 11.0. The number of aromatic nitrogens is 4. The molecule has 3 aromatic carbocycles. The number of aryl methyl sites for hydroxylation is 1. The summed E-state index contributed by atoms with van der Waals surface area (Å²) in [6.45, 7) is 0.757. The molecule has 0 unspecified atom stereocenters. The van der Waals surface area contributed by atoms with E-state index in [1.54, 1.807) is 24.4 Å². The number of carboxylic acids is 1. The smallest absolute Gasteiger partial charge is 0.335 e. The summed E-state index contributed by atoms with van der Waals surface area (Å²) in [5.41, 5.74) is 6.12. The molecule has 0 atom stereocenters. The average Bonchev–Trinajstić information content (AvgIpc) is 3.30. The number of carboxylic acid groups (broad SMARTS) is 1. The molecule has 3 heterocycles. The number of nitrogens with one attached hydrogen (secondary N) is 1. The van der Waals surface area contributed by atoms with Gasteiger partial charge in [0.15, 0.2) is 5.82 Å². The van der Waals surface area contributed by atoms with Crippen LogP contribution in [0.4, 0.5) is 11.5 Å². The quantitative estimate of drug-likeness (QED) is 0.367. The van der Waals surface area contributed by atoms with Gasteiger partial charge in [0.25, 0.3) is 0 Å². The van der Waals surface area contributed by atoms with Gasteiger partial charge < -0.3 is 10.0 Å². The van der Waals surface area contributed by atoms with Gasteiger partial charge >= 0.3 is 5.97 Å². The van der Waals surface area contributed by atoms with Crippen LogP contribution < -0.4 is 4.90 Å². The molecular formula is C25H18ClN5O2. The van der Waals surface area contributed by atoms with E-state index in [0.717, 1.165) is 47.2 Å². The van der Waals surface area contributed by atoms with E-state index in [0.29, 0.717) is 21.9 Å². The number of aromatic carboxylic acids is 1. The van der Waals surface area contributed by atoms with Crippen LogP contribution in [-0.2, 0) is 6.42 Å². The Morgan fingerprint density at radius 2 is 1.94 bits per heavy atom. The third-order valence-corrected chi connectivity index (χ3v) is 6.26. The van der Waals surface area contributed by atoms with E-state index in [4.69, 9.17) is 21.6 Å². The highest BCUT2D eigenvalue weighted by Crippen LogP contribution is 2.39. The van der Waals surface area contributed by atoms with Crippen LogP contribution in [0.1, 0.15) is 22.3 Å². The number of anilines is 2. The third kappa shape index (κ3) is 3.37. The molecule has 0 saturated carbocycles. The topological polar surface area (TPSA) is 95.0 Å². The number of H-pyrrole nitrogens is 1. The highest BCUT2D eigenvalue weighted by molar-refractivity contribution is 6.31. The van der Waals surface area contributed by atoms with Crippen molar-refractivity contribution in [3.63, 3.8) is 0 Å². The van der Waals surface area contributed by atoms with E-state index in [1.165, 1.54) is 5.56 Å². The molecule has 0 saturated heterocycles. The zero-order chi connectivity index (χ0) is 22.5. The van der Waals surface area contributed by atoms with Crippen molar-refractivity contribution in [1.82, 2.24) is 20.2 Å². The van der Waals surface area contributed by atoms with Crippen molar-refractivity contribution in [2.24, 2.45) is 0 Å². The molecule has 1 aliphatic heterocycles. The summed E-state index contributed by atoms with van der Waals surface area (Å²) in [6.07, 6.45) is 3.70. The van der Waals surface area contributed by atoms with Gasteiger partial charge in [-0.05, 0) is 60.9 Å². The van der Waals surface area contributed by atoms with E-state index in [-0.39, 0.29) is 5.56 Å². The van der Waals surface area contributed by atoms with Gasteiger partial charge in [-0.15, -0.1) is 0 Å². The molecule has 1 aliphatic rings. The summed E-state index contributed by atoms with van der Waals surface area (Å²) in [7, 11) is 0. The maximum Gasteiger partial charge on any atom is 0.335 e. The van der Waals surface area contributed by atoms with Crippen molar-refractivity contribution >= 4 is 51.0 Å². The van der Waals surface area contributed by atoms with Gasteiger partial charge in [0.2, 0.25) is 0 Å². The fraction of sp³-hybridized carbons (Fsp3) is 0.120. The summed E-state index contributed by atoms with van der Waals surface area (Å²) in [4.78, 5) is 23.6. The molecule has 0 radical (unpaired) electrons. The average molecular weight is 456 g/mol. The Morgan fingerprint density at radius 3 is 2.82 bits per heavy atom. The Hall–Kier alpha value is -3.97. The van der Waals surface area contributed by atoms with Crippen LogP contribution in [0.5, 0.6) is 0 Å². The van der Waals surface area contributed by atoms with Gasteiger partial charge in [-0.3, -0.25) is 5.10 Å². The first-order chi connectivity index (χ1) is 16.1. The van der Waals surface area contributed by atoms with Crippen LogP contribution in [0.15, 0.2) is 60.8 Å². The number of fused-ring (bicyclic) bond motifs is 3. The van der Waals surface area contributed by atoms with E-state index in [1.807, 2.05) is 30.3 Å². The molecule has 6 rings (SSSR count). The predicted molar refractivity (Wildman–Crippen MR) is 128 cm³/mol. The zero-order valence-corrected chi connectivity index (χ0v) is 18.2. The molecule has 7 nitrogen and oxygen atoms in total. The number of benzene rings is 3. The second-order valence-electron chi connectivity index (χ2n) is 8.10. The number of rotatable bonds is 3. The molecule has 8 heteroatoms. The van der Waals surface area contributed by atoms with Crippen LogP contribution in [0.25, 0.3) is 33.2 Å². The minimum Gasteiger partial charge on any atom is -0.478 e. The van der Waals surface area contributed by atoms with Crippen LogP contribution >= 0.6 is 11.6 Å². The lowest BCUT2D eigenvalue weighted by atomic mass is 10.0. The van der Waals surface area contributed by atoms with E-state index < -0.39 is 5.97 Å². The van der Waals surface area contributed by atoms with Crippen LogP contribution in [0, 0.1) is 0 Å². The number of hydrogen-bond acceptors (Lipinski definition) is 5. The summed E-state index contributed by atoms with van der Waals surface area (Å²) in [5, 5.41) is 18.2. The van der Waals surface area contributed by atoms with E-state index in [9.17, 15) is 9.90 Å². The minimum atomic E-state index is -0.996. The van der Waals surface area contributed by atoms with Crippen LogP contribution in [0.2, 0.25) is 5.02 Å². The fourth-order valence-corrected chi connectivity index (χ4v) is 4.58. The number of halogens is 1. The largest absolute Gasteiger partial charge is 0.478 e. The lowest BCUT2D eigenvalue weighted by Crippen LogP contribution is -2.26. The van der Waals surface area contributed by atoms with Crippen molar-refractivity contribution in [1.29, 1.82) is 0 Å². The van der Waals surface area contributed by atoms with Gasteiger partial charge in [0.1, 0.15) is 5.69 Å². The summed E-state index contributed by atoms with van der Waals surface area (Å²) >= 11 is 6.35. The predicted octanol–water partition coefficient (Wildman–Crippen LogP) is 5.61. The molecular weight excluding hydrogens is 438 g/mol. The monoisotopic (exact) mass is 455 g/mol. The van der Waals surface area contributed by atoms with Gasteiger partial charge in [-0.1, -0.05) is 23.7 Å². The number of hydrogen-bond donors (Lipinski definition) is 2. The molecule has 2 aromatic heterocycles. The van der Waals surface area contributed by atoms with E-state index >= 15 is 0 Å². The SMILES string of the molecule is O=C(O)c1ccc2nc(-c3ccc4[nH]ncc4c3)c(N3CCCc4ccc(Cl)cc43)nc2c1. The Balaban J connectivity index is 1.62. The zero-order valence-electron chi connectivity index (χ0n) is 17.4. The van der Waals surface area contributed by atoms with Gasteiger partial charge in [-0.25, -0.2) is 14.8 Å². The van der Waals surface area contributed by atoms with E-state index in [2.05, 4.69) is 21.2 Å². The first-order valence-electron chi connectivity index (χ1n) is 10.6. The maximum atomic E-state index is 11.5. The second kappa shape index (κ2) is 7.56. The Kier molecular flexibility index (Phi) is 4.52. The van der Waals surface area contributed by atoms with Crippen molar-refractivity contribution in [3.8, 4) is 11.3 Å². The van der Waals surface area contributed by atoms with Crippen LogP contribution in [-0.4, -0.2) is 37.8 Å². The molecule has 0 aliphatic carbocycles. The Morgan fingerprint density at radius 1 is 1.03 bits per heavy atom. The standard InChI is InChI=1S/C25H18ClN5O2/c26-18-6-3-14-2-1-9-31(22(14)12-18)24-23(15-4-7-19-17(10-15)13-27-30-19)28-20-8-5-16(25(32)33)11-21(20)29-24/h3-8,10-13H,1-2,9H2,(H,27,30)(H,32,33). The number of carbonyl (C=O) groups is 1. The van der Waals surface area contributed by atoms with Gasteiger partial charge in [-0.2, -0.15) is 5.10 Å². The lowest BCUT2D eigenvalue weighted by Gasteiger charge is -2.32. The molecule has 33 heavy (non-hydrogen) atoms. The minimum absolute atomic E-state index is 0.178. The molecule has 0 amide bonds. The van der Waals surface area contributed by atoms with Gasteiger partial charge in [0.05, 0.1) is 28.3 Å². The molecule has 0 spiro atoms. The maximum absolute atomic E-state index is 11.5. The third-order valence-electron chi connectivity index (χ3n) is 6.03. The lowest BCUT2D eigenvalue weighted by molar-refractivity contribution is 0.0697. The highest BCUT2D eigenvalue weighted by atomic mass is 35.5. The fourth-order valence-electron chi connectivity index (χ4n) is 4.42.